The van der Waals surface area contributed by atoms with Gasteiger partial charge in [-0.15, -0.1) is 12.6 Å². The molecule has 82 valence electrons. The normalized spacial score (nSPS) is 10.5. The second-order valence-corrected chi connectivity index (χ2v) is 4.61. The van der Waals surface area contributed by atoms with Crippen LogP contribution in [0.3, 0.4) is 0 Å². The molecule has 0 aromatic heterocycles. The molecule has 0 amide bonds. The molecule has 0 spiro atoms. The molecule has 0 aliphatic carbocycles. The van der Waals surface area contributed by atoms with Crippen LogP contribution in [0.2, 0.25) is 10.0 Å². The molecule has 0 nitrogen and oxygen atoms in total. The molecule has 0 N–H and O–H groups in total. The number of hydrogen-bond donors (Lipinski definition) is 1. The van der Waals surface area contributed by atoms with E-state index in [0.29, 0.717) is 14.9 Å². The summed E-state index contributed by atoms with van der Waals surface area (Å²) in [5.41, 5.74) is 1.57. The molecule has 0 fully saturated rings. The summed E-state index contributed by atoms with van der Waals surface area (Å²) in [6.45, 7) is 0. The van der Waals surface area contributed by atoms with Crippen molar-refractivity contribution in [3.8, 4) is 11.1 Å². The van der Waals surface area contributed by atoms with Gasteiger partial charge in [-0.2, -0.15) is 0 Å². The van der Waals surface area contributed by atoms with Gasteiger partial charge in [-0.25, -0.2) is 4.39 Å². The maximum Gasteiger partial charge on any atom is 0.123 e. The smallest absolute Gasteiger partial charge is 0.123 e. The Bertz CT molecular complexity index is 500. The summed E-state index contributed by atoms with van der Waals surface area (Å²) < 4.78 is 12.8. The van der Waals surface area contributed by atoms with Crippen LogP contribution in [-0.4, -0.2) is 0 Å². The van der Waals surface area contributed by atoms with Crippen molar-refractivity contribution in [2.75, 3.05) is 0 Å². The van der Waals surface area contributed by atoms with Crippen molar-refractivity contribution in [2.24, 2.45) is 0 Å². The van der Waals surface area contributed by atoms with Crippen LogP contribution in [-0.2, 0) is 0 Å². The maximum absolute atomic E-state index is 12.8. The zero-order valence-corrected chi connectivity index (χ0v) is 10.5. The molecule has 0 bridgehead atoms. The van der Waals surface area contributed by atoms with Gasteiger partial charge < -0.3 is 0 Å². The Balaban J connectivity index is 2.60. The number of benzene rings is 2. The number of hydrogen-bond acceptors (Lipinski definition) is 1. The Morgan fingerprint density at radius 3 is 2.19 bits per heavy atom. The maximum atomic E-state index is 12.8. The minimum Gasteiger partial charge on any atom is -0.207 e. The summed E-state index contributed by atoms with van der Waals surface area (Å²) in [6.07, 6.45) is 0. The Morgan fingerprint density at radius 1 is 1.00 bits per heavy atom. The van der Waals surface area contributed by atoms with E-state index in [0.717, 1.165) is 11.1 Å². The van der Waals surface area contributed by atoms with E-state index in [-0.39, 0.29) is 5.82 Å². The molecule has 0 unspecified atom stereocenters. The van der Waals surface area contributed by atoms with Crippen LogP contribution in [0.4, 0.5) is 4.39 Å². The molecule has 0 radical (unpaired) electrons. The zero-order valence-electron chi connectivity index (χ0n) is 8.05. The largest absolute Gasteiger partial charge is 0.207 e. The molecule has 0 saturated carbocycles. The van der Waals surface area contributed by atoms with Gasteiger partial charge in [0.05, 0.1) is 5.02 Å². The third-order valence-electron chi connectivity index (χ3n) is 2.17. The fourth-order valence-electron chi connectivity index (χ4n) is 1.46. The third kappa shape index (κ3) is 2.34. The minimum absolute atomic E-state index is 0.283. The third-order valence-corrected chi connectivity index (χ3v) is 3.04. The highest BCUT2D eigenvalue weighted by atomic mass is 35.5. The van der Waals surface area contributed by atoms with Gasteiger partial charge >= 0.3 is 0 Å². The highest BCUT2D eigenvalue weighted by Gasteiger charge is 2.09. The van der Waals surface area contributed by atoms with Crippen LogP contribution < -0.4 is 0 Å². The Morgan fingerprint density at radius 2 is 1.62 bits per heavy atom. The lowest BCUT2D eigenvalue weighted by Gasteiger charge is -2.08. The lowest BCUT2D eigenvalue weighted by molar-refractivity contribution is 0.628. The second kappa shape index (κ2) is 4.66. The Kier molecular flexibility index (Phi) is 3.43. The van der Waals surface area contributed by atoms with E-state index < -0.39 is 0 Å². The van der Waals surface area contributed by atoms with Gasteiger partial charge in [-0.1, -0.05) is 35.3 Å². The monoisotopic (exact) mass is 272 g/mol. The van der Waals surface area contributed by atoms with Crippen molar-refractivity contribution < 1.29 is 4.39 Å². The summed E-state index contributed by atoms with van der Waals surface area (Å²) in [4.78, 5) is 0.670. The van der Waals surface area contributed by atoms with Gasteiger partial charge in [0, 0.05) is 15.5 Å². The van der Waals surface area contributed by atoms with E-state index in [1.165, 1.54) is 12.1 Å². The Hall–Kier alpha value is -0.700. The molecule has 0 aliphatic rings. The number of halogens is 3. The highest BCUT2D eigenvalue weighted by molar-refractivity contribution is 7.80. The molecule has 2 rings (SSSR count). The number of thiol groups is 1. The number of rotatable bonds is 1. The van der Waals surface area contributed by atoms with E-state index >= 15 is 0 Å². The average molecular weight is 273 g/mol. The van der Waals surface area contributed by atoms with Gasteiger partial charge in [0.2, 0.25) is 0 Å². The topological polar surface area (TPSA) is 0 Å². The first kappa shape index (κ1) is 11.8. The first-order chi connectivity index (χ1) is 7.58. The van der Waals surface area contributed by atoms with Gasteiger partial charge in [0.15, 0.2) is 0 Å². The molecule has 2 aromatic carbocycles. The molecular weight excluding hydrogens is 266 g/mol. The van der Waals surface area contributed by atoms with Gasteiger partial charge in [0.1, 0.15) is 5.82 Å². The second-order valence-electron chi connectivity index (χ2n) is 3.29. The van der Waals surface area contributed by atoms with E-state index in [4.69, 9.17) is 23.2 Å². The first-order valence-corrected chi connectivity index (χ1v) is 5.72. The predicted molar refractivity (Wildman–Crippen MR) is 69.1 cm³/mol. The van der Waals surface area contributed by atoms with Crippen molar-refractivity contribution >= 4 is 35.8 Å². The molecule has 4 heteroatoms. The quantitative estimate of drug-likeness (QED) is 0.687. The molecular formula is C12H7Cl2FS. The van der Waals surface area contributed by atoms with Gasteiger partial charge in [-0.05, 0) is 29.8 Å². The lowest BCUT2D eigenvalue weighted by atomic mass is 10.1. The summed E-state index contributed by atoms with van der Waals surface area (Å²) in [5.74, 6) is -0.283. The van der Waals surface area contributed by atoms with Crippen molar-refractivity contribution in [2.45, 2.75) is 4.90 Å². The van der Waals surface area contributed by atoms with Gasteiger partial charge in [0.25, 0.3) is 0 Å². The SMILES string of the molecule is Fc1ccc(-c2c(S)cc(Cl)cc2Cl)cc1. The van der Waals surface area contributed by atoms with Gasteiger partial charge in [-0.3, -0.25) is 0 Å². The fourth-order valence-corrected chi connectivity index (χ4v) is 2.60. The summed E-state index contributed by atoms with van der Waals surface area (Å²) in [5, 5.41) is 1.03. The summed E-state index contributed by atoms with van der Waals surface area (Å²) >= 11 is 16.2. The average Bonchev–Trinajstić information content (AvgIpc) is 2.19. The van der Waals surface area contributed by atoms with Crippen LogP contribution in [0.25, 0.3) is 11.1 Å². The molecule has 0 atom stereocenters. The lowest BCUT2D eigenvalue weighted by Crippen LogP contribution is -1.83. The van der Waals surface area contributed by atoms with Crippen LogP contribution in [0, 0.1) is 5.82 Å². The van der Waals surface area contributed by atoms with Crippen molar-refractivity contribution in [1.82, 2.24) is 0 Å². The predicted octanol–water partition coefficient (Wildman–Crippen LogP) is 5.09. The van der Waals surface area contributed by atoms with Crippen molar-refractivity contribution in [3.05, 3.63) is 52.3 Å². The summed E-state index contributed by atoms with van der Waals surface area (Å²) in [6, 6.07) is 9.42. The molecule has 0 heterocycles. The Labute approximate surface area is 108 Å². The minimum atomic E-state index is -0.283. The molecule has 0 aliphatic heterocycles. The zero-order chi connectivity index (χ0) is 11.7. The van der Waals surface area contributed by atoms with Crippen molar-refractivity contribution in [3.63, 3.8) is 0 Å². The standard InChI is InChI=1S/C12H7Cl2FS/c13-8-5-10(14)12(11(16)6-8)7-1-3-9(15)4-2-7/h1-6,16H. The molecule has 0 saturated heterocycles. The van der Waals surface area contributed by atoms with Crippen LogP contribution in [0.15, 0.2) is 41.3 Å². The first-order valence-electron chi connectivity index (χ1n) is 4.52. The van der Waals surface area contributed by atoms with E-state index in [2.05, 4.69) is 12.6 Å². The molecule has 2 aromatic rings. The van der Waals surface area contributed by atoms with Crippen LogP contribution in [0.5, 0.6) is 0 Å². The highest BCUT2D eigenvalue weighted by Crippen LogP contribution is 2.36. The molecule has 16 heavy (non-hydrogen) atoms. The van der Waals surface area contributed by atoms with E-state index in [1.807, 2.05) is 0 Å². The van der Waals surface area contributed by atoms with E-state index in [1.54, 1.807) is 24.3 Å². The van der Waals surface area contributed by atoms with Crippen molar-refractivity contribution in [1.29, 1.82) is 0 Å². The fraction of sp³-hybridized carbons (Fsp3) is 0. The van der Waals surface area contributed by atoms with E-state index in [9.17, 15) is 4.39 Å². The van der Waals surface area contributed by atoms with Crippen LogP contribution in [0.1, 0.15) is 0 Å². The van der Waals surface area contributed by atoms with Crippen LogP contribution >= 0.6 is 35.8 Å². The summed E-state index contributed by atoms with van der Waals surface area (Å²) in [7, 11) is 0.